The number of benzene rings is 6. The molecule has 0 aliphatic carbocycles. The molecule has 234 valence electrons. The lowest BCUT2D eigenvalue weighted by atomic mass is 10.0. The Kier molecular flexibility index (Phi) is 6.39. The monoisotopic (exact) mass is 642 g/mol. The lowest BCUT2D eigenvalue weighted by molar-refractivity contribution is 0.667. The third-order valence-corrected chi connectivity index (χ3v) is 9.12. The number of hydrogen-bond donors (Lipinski definition) is 0. The number of fused-ring (bicyclic) bond motifs is 6. The van der Waals surface area contributed by atoms with E-state index in [-0.39, 0.29) is 0 Å². The van der Waals surface area contributed by atoms with Gasteiger partial charge in [0.05, 0.1) is 11.4 Å². The number of aromatic nitrogens is 4. The van der Waals surface area contributed by atoms with Gasteiger partial charge in [0.1, 0.15) is 28.0 Å². The molecule has 6 heteroatoms. The van der Waals surface area contributed by atoms with Crippen LogP contribution < -0.4 is 0 Å². The quantitative estimate of drug-likeness (QED) is 0.186. The molecule has 6 aromatic carbocycles. The van der Waals surface area contributed by atoms with Crippen molar-refractivity contribution in [3.8, 4) is 56.5 Å². The molecular formula is C44H26N4O2. The summed E-state index contributed by atoms with van der Waals surface area (Å²) in [5.41, 5.74) is 11.1. The van der Waals surface area contributed by atoms with E-state index in [0.29, 0.717) is 17.2 Å². The van der Waals surface area contributed by atoms with E-state index < -0.39 is 0 Å². The van der Waals surface area contributed by atoms with Crippen LogP contribution in [0.1, 0.15) is 0 Å². The third kappa shape index (κ3) is 4.73. The molecule has 0 amide bonds. The third-order valence-electron chi connectivity index (χ3n) is 9.12. The van der Waals surface area contributed by atoms with Crippen LogP contribution in [-0.2, 0) is 0 Å². The van der Waals surface area contributed by atoms with Crippen LogP contribution in [0.15, 0.2) is 167 Å². The van der Waals surface area contributed by atoms with E-state index in [1.807, 2.05) is 109 Å². The molecule has 0 fully saturated rings. The lowest BCUT2D eigenvalue weighted by Gasteiger charge is -2.09. The molecule has 0 saturated heterocycles. The Morgan fingerprint density at radius 3 is 1.64 bits per heavy atom. The first kappa shape index (κ1) is 28.1. The highest BCUT2D eigenvalue weighted by atomic mass is 16.3. The average Bonchev–Trinajstić information content (AvgIpc) is 3.76. The number of para-hydroxylation sites is 1. The van der Waals surface area contributed by atoms with E-state index in [1.165, 1.54) is 0 Å². The number of rotatable bonds is 5. The predicted octanol–water partition coefficient (Wildman–Crippen LogP) is 11.4. The second-order valence-electron chi connectivity index (χ2n) is 12.3. The van der Waals surface area contributed by atoms with E-state index in [1.54, 1.807) is 0 Å². The molecule has 4 aromatic heterocycles. The Bertz CT molecular complexity index is 2800. The highest BCUT2D eigenvalue weighted by Gasteiger charge is 2.19. The molecule has 10 aromatic rings. The van der Waals surface area contributed by atoms with Gasteiger partial charge in [0.2, 0.25) is 0 Å². The number of nitrogens with zero attached hydrogens (tertiary/aromatic N) is 4. The van der Waals surface area contributed by atoms with Gasteiger partial charge in [-0.15, -0.1) is 0 Å². The fourth-order valence-corrected chi connectivity index (χ4v) is 6.66. The van der Waals surface area contributed by atoms with Crippen molar-refractivity contribution in [3.63, 3.8) is 0 Å². The van der Waals surface area contributed by atoms with Crippen LogP contribution in [0, 0.1) is 0 Å². The van der Waals surface area contributed by atoms with Crippen LogP contribution in [0.3, 0.4) is 0 Å². The second-order valence-corrected chi connectivity index (χ2v) is 12.3. The maximum absolute atomic E-state index is 6.43. The minimum atomic E-state index is 0.602. The van der Waals surface area contributed by atoms with Gasteiger partial charge in [0.15, 0.2) is 17.2 Å². The Morgan fingerprint density at radius 1 is 0.340 bits per heavy atom. The second kappa shape index (κ2) is 11.4. The molecule has 6 nitrogen and oxygen atoms in total. The molecule has 0 bridgehead atoms. The summed E-state index contributed by atoms with van der Waals surface area (Å²) < 4.78 is 12.7. The summed E-state index contributed by atoms with van der Waals surface area (Å²) in [6.45, 7) is 0. The smallest absolute Gasteiger partial charge is 0.180 e. The van der Waals surface area contributed by atoms with Crippen LogP contribution in [0.5, 0.6) is 0 Å². The zero-order valence-electron chi connectivity index (χ0n) is 26.6. The van der Waals surface area contributed by atoms with Gasteiger partial charge in [0, 0.05) is 44.0 Å². The summed E-state index contributed by atoms with van der Waals surface area (Å²) in [4.78, 5) is 20.2. The van der Waals surface area contributed by atoms with Crippen molar-refractivity contribution in [1.29, 1.82) is 0 Å². The van der Waals surface area contributed by atoms with Crippen LogP contribution in [0.25, 0.3) is 101 Å². The lowest BCUT2D eigenvalue weighted by Crippen LogP contribution is -1.95. The SMILES string of the molecule is c1ccc(-c2cc(-c3ccccc3)nc(-c3ccc4oc5cc(-c6nc(-c7ccccc7)c7oc8ccccc8c7n6)ccc5c4c3)n2)cc1. The number of hydrogen-bond acceptors (Lipinski definition) is 6. The molecule has 0 atom stereocenters. The van der Waals surface area contributed by atoms with Gasteiger partial charge < -0.3 is 8.83 Å². The minimum absolute atomic E-state index is 0.602. The molecule has 0 radical (unpaired) electrons. The van der Waals surface area contributed by atoms with Gasteiger partial charge >= 0.3 is 0 Å². The zero-order chi connectivity index (χ0) is 33.0. The standard InChI is InChI=1S/C44H26N4O2/c1-4-12-27(13-5-1)35-26-36(28-14-6-2-7-15-28)46-43(45-35)30-21-23-38-34(24-30)32-22-20-31(25-39(32)49-38)44-47-40(29-16-8-3-9-17-29)42-41(48-44)33-18-10-11-19-37(33)50-42/h1-26H. The first-order valence-corrected chi connectivity index (χ1v) is 16.5. The fraction of sp³-hybridized carbons (Fsp3) is 0. The maximum Gasteiger partial charge on any atom is 0.180 e. The van der Waals surface area contributed by atoms with Crippen molar-refractivity contribution >= 4 is 44.0 Å². The fourth-order valence-electron chi connectivity index (χ4n) is 6.66. The van der Waals surface area contributed by atoms with Crippen molar-refractivity contribution in [2.24, 2.45) is 0 Å². The van der Waals surface area contributed by atoms with E-state index >= 15 is 0 Å². The summed E-state index contributed by atoms with van der Waals surface area (Å²) in [6, 6.07) is 52.9. The van der Waals surface area contributed by atoms with Crippen molar-refractivity contribution in [1.82, 2.24) is 19.9 Å². The Hall–Kier alpha value is -6.92. The van der Waals surface area contributed by atoms with Crippen molar-refractivity contribution in [3.05, 3.63) is 158 Å². The summed E-state index contributed by atoms with van der Waals surface area (Å²) in [7, 11) is 0. The Labute approximate surface area is 286 Å². The molecule has 0 unspecified atom stereocenters. The molecule has 0 spiro atoms. The highest BCUT2D eigenvalue weighted by molar-refractivity contribution is 6.09. The molecule has 50 heavy (non-hydrogen) atoms. The number of furan rings is 2. The van der Waals surface area contributed by atoms with Gasteiger partial charge in [-0.3, -0.25) is 0 Å². The van der Waals surface area contributed by atoms with Gasteiger partial charge in [-0.05, 0) is 48.5 Å². The van der Waals surface area contributed by atoms with E-state index in [2.05, 4.69) is 48.5 Å². The largest absolute Gasteiger partial charge is 0.456 e. The molecule has 4 heterocycles. The van der Waals surface area contributed by atoms with Gasteiger partial charge in [-0.2, -0.15) is 0 Å². The van der Waals surface area contributed by atoms with E-state index in [4.69, 9.17) is 28.8 Å². The molecule has 0 aliphatic heterocycles. The molecular weight excluding hydrogens is 617 g/mol. The minimum Gasteiger partial charge on any atom is -0.456 e. The summed E-state index contributed by atoms with van der Waals surface area (Å²) in [5, 5.41) is 2.93. The van der Waals surface area contributed by atoms with Crippen LogP contribution >= 0.6 is 0 Å². The predicted molar refractivity (Wildman–Crippen MR) is 199 cm³/mol. The van der Waals surface area contributed by atoms with E-state index in [9.17, 15) is 0 Å². The van der Waals surface area contributed by atoms with E-state index in [0.717, 1.165) is 83.3 Å². The molecule has 0 aliphatic rings. The van der Waals surface area contributed by atoms with Crippen molar-refractivity contribution in [2.75, 3.05) is 0 Å². The van der Waals surface area contributed by atoms with Crippen LogP contribution in [0.2, 0.25) is 0 Å². The summed E-state index contributed by atoms with van der Waals surface area (Å²) >= 11 is 0. The topological polar surface area (TPSA) is 77.8 Å². The molecule has 0 saturated carbocycles. The maximum atomic E-state index is 6.43. The first-order valence-electron chi connectivity index (χ1n) is 16.5. The van der Waals surface area contributed by atoms with Gasteiger partial charge in [0.25, 0.3) is 0 Å². The Balaban J connectivity index is 1.11. The average molecular weight is 643 g/mol. The summed E-state index contributed by atoms with van der Waals surface area (Å²) in [6.07, 6.45) is 0. The first-order chi connectivity index (χ1) is 24.7. The molecule has 10 rings (SSSR count). The van der Waals surface area contributed by atoms with Crippen molar-refractivity contribution < 1.29 is 8.83 Å². The normalized spacial score (nSPS) is 11.6. The zero-order valence-corrected chi connectivity index (χ0v) is 26.6. The van der Waals surface area contributed by atoms with Gasteiger partial charge in [-0.25, -0.2) is 19.9 Å². The van der Waals surface area contributed by atoms with Crippen LogP contribution in [0.4, 0.5) is 0 Å². The summed E-state index contributed by atoms with van der Waals surface area (Å²) in [5.74, 6) is 1.26. The Morgan fingerprint density at radius 2 is 0.920 bits per heavy atom. The molecule has 0 N–H and O–H groups in total. The van der Waals surface area contributed by atoms with Crippen molar-refractivity contribution in [2.45, 2.75) is 0 Å². The van der Waals surface area contributed by atoms with Gasteiger partial charge in [-0.1, -0.05) is 109 Å². The highest BCUT2D eigenvalue weighted by Crippen LogP contribution is 2.38. The van der Waals surface area contributed by atoms with Crippen LogP contribution in [-0.4, -0.2) is 19.9 Å².